The summed E-state index contributed by atoms with van der Waals surface area (Å²) < 4.78 is 15.7. The lowest BCUT2D eigenvalue weighted by molar-refractivity contribution is -0.119. The first-order valence-corrected chi connectivity index (χ1v) is 7.77. The van der Waals surface area contributed by atoms with Crippen molar-refractivity contribution >= 4 is 17.5 Å². The normalized spacial score (nSPS) is 18.7. The molecule has 1 fully saturated rings. The number of carbonyl (C=O) groups excluding carboxylic acids is 2. The number of carbonyl (C=O) groups is 2. The third-order valence-electron chi connectivity index (χ3n) is 4.19. The highest BCUT2D eigenvalue weighted by molar-refractivity contribution is 6.00. The van der Waals surface area contributed by atoms with Crippen LogP contribution in [0.1, 0.15) is 23.4 Å². The number of hydrogen-bond acceptors (Lipinski definition) is 5. The van der Waals surface area contributed by atoms with E-state index in [-0.39, 0.29) is 24.4 Å². The Balaban J connectivity index is 1.48. The maximum absolute atomic E-state index is 12.6. The lowest BCUT2D eigenvalue weighted by Gasteiger charge is -2.23. The van der Waals surface area contributed by atoms with E-state index in [2.05, 4.69) is 5.32 Å². The Kier molecular flexibility index (Phi) is 3.60. The van der Waals surface area contributed by atoms with Crippen LogP contribution in [0.15, 0.2) is 41.0 Å². The number of rotatable bonds is 3. The van der Waals surface area contributed by atoms with Crippen LogP contribution in [0.25, 0.3) is 0 Å². The largest absolute Gasteiger partial charge is 0.459 e. The Hall–Kier alpha value is -2.96. The highest BCUT2D eigenvalue weighted by Crippen LogP contribution is 2.34. The molecule has 1 saturated heterocycles. The van der Waals surface area contributed by atoms with Gasteiger partial charge in [-0.15, -0.1) is 0 Å². The van der Waals surface area contributed by atoms with Crippen molar-refractivity contribution in [2.24, 2.45) is 0 Å². The first-order chi connectivity index (χ1) is 11.7. The van der Waals surface area contributed by atoms with Crippen LogP contribution in [0.5, 0.6) is 11.5 Å². The topological polar surface area (TPSA) is 81.0 Å². The fraction of sp³-hybridized carbons (Fsp3) is 0.294. The predicted molar refractivity (Wildman–Crippen MR) is 84.0 cm³/mol. The molecule has 24 heavy (non-hydrogen) atoms. The summed E-state index contributed by atoms with van der Waals surface area (Å²) in [4.78, 5) is 26.6. The number of nitrogens with one attached hydrogen (secondary N) is 1. The Morgan fingerprint density at radius 1 is 1.17 bits per heavy atom. The van der Waals surface area contributed by atoms with Gasteiger partial charge >= 0.3 is 0 Å². The lowest BCUT2D eigenvalue weighted by Crippen LogP contribution is -2.43. The first kappa shape index (κ1) is 14.6. The van der Waals surface area contributed by atoms with Crippen molar-refractivity contribution in [3.05, 3.63) is 42.4 Å². The first-order valence-electron chi connectivity index (χ1n) is 7.77. The van der Waals surface area contributed by atoms with Crippen LogP contribution in [0.3, 0.4) is 0 Å². The van der Waals surface area contributed by atoms with Crippen molar-refractivity contribution < 1.29 is 23.5 Å². The summed E-state index contributed by atoms with van der Waals surface area (Å²) in [5.41, 5.74) is 0.613. The number of nitrogens with zero attached hydrogens (tertiary/aromatic N) is 1. The molecular weight excluding hydrogens is 312 g/mol. The fourth-order valence-corrected chi connectivity index (χ4v) is 3.02. The Morgan fingerprint density at radius 3 is 2.88 bits per heavy atom. The zero-order valence-corrected chi connectivity index (χ0v) is 12.9. The molecule has 2 aromatic rings. The minimum Gasteiger partial charge on any atom is -0.459 e. The highest BCUT2D eigenvalue weighted by atomic mass is 16.7. The molecule has 2 aliphatic heterocycles. The number of hydrogen-bond donors (Lipinski definition) is 1. The van der Waals surface area contributed by atoms with Crippen molar-refractivity contribution in [2.45, 2.75) is 18.9 Å². The average Bonchev–Trinajstić information content (AvgIpc) is 3.33. The second-order valence-electron chi connectivity index (χ2n) is 5.69. The summed E-state index contributed by atoms with van der Waals surface area (Å²) in [7, 11) is 0. The number of anilines is 1. The van der Waals surface area contributed by atoms with Gasteiger partial charge in [-0.05, 0) is 37.1 Å². The van der Waals surface area contributed by atoms with E-state index in [1.165, 1.54) is 6.26 Å². The molecule has 7 heteroatoms. The summed E-state index contributed by atoms with van der Waals surface area (Å²) in [6.45, 7) is 0.722. The second-order valence-corrected chi connectivity index (χ2v) is 5.69. The summed E-state index contributed by atoms with van der Waals surface area (Å²) in [6, 6.07) is 7.97. The molecule has 0 spiro atoms. The van der Waals surface area contributed by atoms with Crippen LogP contribution in [-0.4, -0.2) is 36.1 Å². The third kappa shape index (κ3) is 2.58. The molecule has 1 unspecified atom stereocenters. The van der Waals surface area contributed by atoms with Crippen molar-refractivity contribution in [1.29, 1.82) is 0 Å². The van der Waals surface area contributed by atoms with E-state index >= 15 is 0 Å². The molecule has 3 heterocycles. The van der Waals surface area contributed by atoms with Crippen LogP contribution in [-0.2, 0) is 4.79 Å². The van der Waals surface area contributed by atoms with Crippen molar-refractivity contribution in [3.8, 4) is 11.5 Å². The van der Waals surface area contributed by atoms with Gasteiger partial charge in [0.2, 0.25) is 12.7 Å². The SMILES string of the molecule is O=C(Nc1ccc2c(c1)OCO2)C1CCCN1C(=O)c1ccco1. The van der Waals surface area contributed by atoms with E-state index < -0.39 is 6.04 Å². The van der Waals surface area contributed by atoms with E-state index in [0.717, 1.165) is 6.42 Å². The molecule has 0 saturated carbocycles. The Bertz CT molecular complexity index is 771. The van der Waals surface area contributed by atoms with Crippen LogP contribution in [0.2, 0.25) is 0 Å². The molecule has 1 N–H and O–H groups in total. The Labute approximate surface area is 138 Å². The monoisotopic (exact) mass is 328 g/mol. The molecule has 1 aromatic carbocycles. The van der Waals surface area contributed by atoms with Crippen LogP contribution in [0, 0.1) is 0 Å². The average molecular weight is 328 g/mol. The molecule has 124 valence electrons. The maximum atomic E-state index is 12.6. The molecule has 1 aromatic heterocycles. The summed E-state index contributed by atoms with van der Waals surface area (Å²) in [5, 5.41) is 2.84. The van der Waals surface area contributed by atoms with Gasteiger partial charge < -0.3 is 24.1 Å². The molecule has 4 rings (SSSR count). The number of benzene rings is 1. The summed E-state index contributed by atoms with van der Waals surface area (Å²) >= 11 is 0. The molecule has 7 nitrogen and oxygen atoms in total. The maximum Gasteiger partial charge on any atom is 0.290 e. The smallest absolute Gasteiger partial charge is 0.290 e. The molecule has 0 bridgehead atoms. The van der Waals surface area contributed by atoms with Gasteiger partial charge in [-0.25, -0.2) is 0 Å². The fourth-order valence-electron chi connectivity index (χ4n) is 3.02. The van der Waals surface area contributed by atoms with Crippen LogP contribution >= 0.6 is 0 Å². The molecule has 0 radical (unpaired) electrons. The second kappa shape index (κ2) is 5.92. The standard InChI is InChI=1S/C17H16N2O5/c20-16(18-11-5-6-13-15(9-11)24-10-23-13)12-3-1-7-19(12)17(21)14-4-2-8-22-14/h2,4-6,8-9,12H,1,3,7,10H2,(H,18,20). The van der Waals surface area contributed by atoms with Gasteiger partial charge in [-0.2, -0.15) is 0 Å². The van der Waals surface area contributed by atoms with Gasteiger partial charge in [-0.1, -0.05) is 0 Å². The van der Waals surface area contributed by atoms with Crippen molar-refractivity contribution in [2.75, 3.05) is 18.7 Å². The predicted octanol–water partition coefficient (Wildman–Crippen LogP) is 2.25. The van der Waals surface area contributed by atoms with E-state index in [1.807, 2.05) is 0 Å². The van der Waals surface area contributed by atoms with Gasteiger partial charge in [0, 0.05) is 18.3 Å². The number of fused-ring (bicyclic) bond motifs is 1. The van der Waals surface area contributed by atoms with E-state index in [9.17, 15) is 9.59 Å². The van der Waals surface area contributed by atoms with Crippen LogP contribution < -0.4 is 14.8 Å². The lowest BCUT2D eigenvalue weighted by atomic mass is 10.2. The molecular formula is C17H16N2O5. The van der Waals surface area contributed by atoms with Crippen molar-refractivity contribution in [1.82, 2.24) is 4.90 Å². The minimum absolute atomic E-state index is 0.181. The van der Waals surface area contributed by atoms with Crippen molar-refractivity contribution in [3.63, 3.8) is 0 Å². The number of likely N-dealkylation sites (tertiary alicyclic amines) is 1. The van der Waals surface area contributed by atoms with Gasteiger partial charge in [-0.3, -0.25) is 9.59 Å². The highest BCUT2D eigenvalue weighted by Gasteiger charge is 2.35. The van der Waals surface area contributed by atoms with Crippen LogP contribution in [0.4, 0.5) is 5.69 Å². The third-order valence-corrected chi connectivity index (χ3v) is 4.19. The number of furan rings is 1. The zero-order chi connectivity index (χ0) is 16.5. The summed E-state index contributed by atoms with van der Waals surface area (Å²) in [5.74, 6) is 1.03. The molecule has 1 atom stereocenters. The summed E-state index contributed by atoms with van der Waals surface area (Å²) in [6.07, 6.45) is 2.86. The Morgan fingerprint density at radius 2 is 2.04 bits per heavy atom. The zero-order valence-electron chi connectivity index (χ0n) is 12.9. The molecule has 2 aliphatic rings. The van der Waals surface area contributed by atoms with Gasteiger partial charge in [0.1, 0.15) is 6.04 Å². The van der Waals surface area contributed by atoms with Gasteiger partial charge in [0.15, 0.2) is 17.3 Å². The quantitative estimate of drug-likeness (QED) is 0.934. The number of amides is 2. The van der Waals surface area contributed by atoms with E-state index in [4.69, 9.17) is 13.9 Å². The van der Waals surface area contributed by atoms with Gasteiger partial charge in [0.05, 0.1) is 6.26 Å². The number of ether oxygens (including phenoxy) is 2. The molecule has 0 aliphatic carbocycles. The van der Waals surface area contributed by atoms with E-state index in [0.29, 0.717) is 30.2 Å². The molecule has 2 amide bonds. The van der Waals surface area contributed by atoms with E-state index in [1.54, 1.807) is 35.2 Å². The van der Waals surface area contributed by atoms with Gasteiger partial charge in [0.25, 0.3) is 5.91 Å². The minimum atomic E-state index is -0.506.